The Balaban J connectivity index is 1.36. The summed E-state index contributed by atoms with van der Waals surface area (Å²) in [5.74, 6) is -7.03. The van der Waals surface area contributed by atoms with Crippen molar-refractivity contribution in [3.63, 3.8) is 0 Å². The van der Waals surface area contributed by atoms with E-state index in [1.54, 1.807) is 24.3 Å². The molecule has 6 N–H and O–H groups in total. The molecule has 2 aliphatic rings. The zero-order valence-corrected chi connectivity index (χ0v) is 50.0. The van der Waals surface area contributed by atoms with E-state index in [2.05, 4.69) is 31.9 Å². The third-order valence-corrected chi connectivity index (χ3v) is 17.1. The van der Waals surface area contributed by atoms with Crippen LogP contribution in [0.15, 0.2) is 24.3 Å². The number of carbonyl (C=O) groups excluding carboxylic acids is 14. The molecule has 0 aliphatic carbocycles. The van der Waals surface area contributed by atoms with Gasteiger partial charge in [-0.2, -0.15) is 0 Å². The van der Waals surface area contributed by atoms with Crippen molar-refractivity contribution in [2.24, 2.45) is 5.41 Å². The molecule has 83 heavy (non-hydrogen) atoms. The number of imide groups is 1. The number of anilines is 1. The van der Waals surface area contributed by atoms with Crippen LogP contribution in [-0.4, -0.2) is 207 Å². The highest BCUT2D eigenvalue weighted by molar-refractivity contribution is 8.94. The summed E-state index contributed by atoms with van der Waals surface area (Å²) in [7, 11) is 3.82. The summed E-state index contributed by atoms with van der Waals surface area (Å²) in [6, 6.07) is 5.89. The van der Waals surface area contributed by atoms with E-state index in [1.165, 1.54) is 14.0 Å². The Kier molecular flexibility index (Phi) is 32.7. The fraction of sp³-hybridized carbons (Fsp3) is 0.630. The smallest absolute Gasteiger partial charge is 0.250 e. The standard InChI is InChI=1S/C54H77N7O19S3/c1-35(62)53(36(2)63,37(3)64)43(66)17-23-76-25-27-78-29-30-79-28-26-77-24-21-58-51(74)41(60-47(70)18-31-81-42-32-50(73)61(52(42)75)22-16-44(67)54(38(4)65)82-83-54)8-6-7-19-56-48(71)33-80-34-49(72)59-40-12-9-39(10-13-40)11-14-46(69)57-20-15-45(68)55-5/h9-10,12-13,41-42H,6-8,11,14-34H2,1-5H3,(H,55,68)(H,56,71)(H,57,69)(H,58,74)(H,59,72)(H,60,70)/t41-,42?/m1/s1. The van der Waals surface area contributed by atoms with Crippen molar-refractivity contribution >= 4 is 121 Å². The van der Waals surface area contributed by atoms with E-state index in [0.717, 1.165) is 64.6 Å². The summed E-state index contributed by atoms with van der Waals surface area (Å²) in [4.78, 5) is 175. The minimum atomic E-state index is -2.31. The van der Waals surface area contributed by atoms with Crippen LogP contribution in [0.3, 0.4) is 0 Å². The monoisotopic (exact) mass is 1220 g/mol. The van der Waals surface area contributed by atoms with Crippen LogP contribution in [0.2, 0.25) is 0 Å². The quantitative estimate of drug-likeness (QED) is 0.0169. The van der Waals surface area contributed by atoms with Gasteiger partial charge in [0, 0.05) is 83.2 Å². The first kappa shape index (κ1) is 71.3. The van der Waals surface area contributed by atoms with E-state index < -0.39 is 92.6 Å². The molecule has 1 aromatic carbocycles. The lowest BCUT2D eigenvalue weighted by atomic mass is 9.72. The second-order valence-corrected chi connectivity index (χ2v) is 23.1. The normalized spacial score (nSPS) is 14.7. The first-order valence-electron chi connectivity index (χ1n) is 27.1. The number of Topliss-reactive ketones (excluding diaryl/α,β-unsaturated/α-hetero) is 6. The molecule has 0 spiro atoms. The number of likely N-dealkylation sites (tertiary alicyclic amines) is 1. The number of thioether (sulfide) groups is 1. The van der Waals surface area contributed by atoms with Gasteiger partial charge in [0.25, 0.3) is 0 Å². The number of ketones is 6. The second kappa shape index (κ2) is 38.1. The number of nitrogens with one attached hydrogen (secondary N) is 6. The lowest BCUT2D eigenvalue weighted by Crippen LogP contribution is -2.50. The SMILES string of the molecule is CNC(=O)CCNC(=O)CCc1ccc(NC(=O)COCC(=O)NCCCC[C@@H](NC(=O)CCSC2CC(=O)N(CCC(=O)C3(C(C)=O)SS3)C2=O)C(=O)NCCOCCOCCOCCOCCC(=O)C(C(C)=O)(C(C)=O)C(C)=O)cc1. The summed E-state index contributed by atoms with van der Waals surface area (Å²) in [5.41, 5.74) is -0.952. The molecule has 2 heterocycles. The fourth-order valence-corrected chi connectivity index (χ4v) is 11.6. The molecule has 2 atom stereocenters. The summed E-state index contributed by atoms with van der Waals surface area (Å²) in [5, 5.41) is 15.3. The highest BCUT2D eigenvalue weighted by Gasteiger charge is 2.57. The predicted octanol–water partition coefficient (Wildman–Crippen LogP) is 0.383. The van der Waals surface area contributed by atoms with Gasteiger partial charge in [0.2, 0.25) is 52.7 Å². The third kappa shape index (κ3) is 25.0. The minimum Gasteiger partial charge on any atom is -0.379 e. The van der Waals surface area contributed by atoms with Crippen molar-refractivity contribution in [2.45, 2.75) is 107 Å². The average Bonchev–Trinajstić information content (AvgIpc) is 3.08. The van der Waals surface area contributed by atoms with Gasteiger partial charge in [0.05, 0.1) is 58.1 Å². The van der Waals surface area contributed by atoms with Crippen molar-refractivity contribution in [3.8, 4) is 0 Å². The summed E-state index contributed by atoms with van der Waals surface area (Å²) in [6.07, 6.45) is 1.21. The van der Waals surface area contributed by atoms with Crippen molar-refractivity contribution in [1.29, 1.82) is 0 Å². The number of carbonyl (C=O) groups is 14. The molecule has 0 radical (unpaired) electrons. The van der Waals surface area contributed by atoms with Crippen molar-refractivity contribution in [2.75, 3.05) is 110 Å². The topological polar surface area (TPSA) is 361 Å². The molecule has 0 aromatic heterocycles. The van der Waals surface area contributed by atoms with Gasteiger partial charge in [0.1, 0.15) is 19.3 Å². The first-order chi connectivity index (χ1) is 39.6. The molecule has 8 amide bonds. The number of aryl methyl sites for hydroxylation is 1. The van der Waals surface area contributed by atoms with E-state index in [4.69, 9.17) is 23.7 Å². The van der Waals surface area contributed by atoms with Crippen LogP contribution >= 0.6 is 33.3 Å². The number of rotatable bonds is 46. The maximum atomic E-state index is 13.4. The van der Waals surface area contributed by atoms with Gasteiger partial charge < -0.3 is 55.6 Å². The third-order valence-electron chi connectivity index (χ3n) is 12.8. The van der Waals surface area contributed by atoms with Gasteiger partial charge in [0.15, 0.2) is 38.8 Å². The fourth-order valence-electron chi connectivity index (χ4n) is 8.22. The number of benzene rings is 1. The van der Waals surface area contributed by atoms with Gasteiger partial charge in [-0.05, 0) is 71.1 Å². The Morgan fingerprint density at radius 2 is 1.23 bits per heavy atom. The Bertz CT molecular complexity index is 2420. The number of unbranched alkanes of at least 4 members (excludes halogenated alkanes) is 1. The molecular weight excluding hydrogens is 1150 g/mol. The summed E-state index contributed by atoms with van der Waals surface area (Å²) in [6.45, 7) is 5.11. The Morgan fingerprint density at radius 3 is 1.82 bits per heavy atom. The maximum absolute atomic E-state index is 13.4. The Hall–Kier alpha value is -5.95. The van der Waals surface area contributed by atoms with Crippen LogP contribution in [0.1, 0.15) is 91.0 Å². The molecule has 3 rings (SSSR count). The van der Waals surface area contributed by atoms with E-state index in [1.807, 2.05) is 0 Å². The maximum Gasteiger partial charge on any atom is 0.250 e. The zero-order valence-electron chi connectivity index (χ0n) is 47.6. The molecule has 26 nitrogen and oxygen atoms in total. The molecule has 460 valence electrons. The van der Waals surface area contributed by atoms with Gasteiger partial charge in [-0.25, -0.2) is 0 Å². The summed E-state index contributed by atoms with van der Waals surface area (Å²) < 4.78 is 26.0. The van der Waals surface area contributed by atoms with Crippen LogP contribution in [0, 0.1) is 5.41 Å². The Morgan fingerprint density at radius 1 is 0.639 bits per heavy atom. The van der Waals surface area contributed by atoms with Crippen LogP contribution in [0.5, 0.6) is 0 Å². The molecule has 2 aliphatic heterocycles. The molecule has 1 unspecified atom stereocenters. The van der Waals surface area contributed by atoms with Gasteiger partial charge in [-0.15, -0.1) is 11.8 Å². The molecule has 0 bridgehead atoms. The van der Waals surface area contributed by atoms with E-state index in [-0.39, 0.29) is 153 Å². The highest BCUT2D eigenvalue weighted by Crippen LogP contribution is 2.66. The molecular formula is C54H77N7O19S3. The van der Waals surface area contributed by atoms with Crippen molar-refractivity contribution in [3.05, 3.63) is 29.8 Å². The number of amides is 8. The number of hydrogen-bond acceptors (Lipinski definition) is 22. The van der Waals surface area contributed by atoms with E-state index >= 15 is 0 Å². The molecule has 2 saturated heterocycles. The lowest BCUT2D eigenvalue weighted by Gasteiger charge is -2.23. The van der Waals surface area contributed by atoms with Crippen LogP contribution in [-0.2, 0) is 97.2 Å². The predicted molar refractivity (Wildman–Crippen MR) is 306 cm³/mol. The highest BCUT2D eigenvalue weighted by atomic mass is 33.2. The average molecular weight is 1220 g/mol. The number of nitrogens with zero attached hydrogens (tertiary/aromatic N) is 1. The zero-order chi connectivity index (χ0) is 61.4. The van der Waals surface area contributed by atoms with Crippen LogP contribution in [0.4, 0.5) is 5.69 Å². The minimum absolute atomic E-state index is 0.0909. The molecule has 1 aromatic rings. The molecule has 2 fully saturated rings. The van der Waals surface area contributed by atoms with Crippen molar-refractivity contribution in [1.82, 2.24) is 31.5 Å². The van der Waals surface area contributed by atoms with Crippen LogP contribution in [0.25, 0.3) is 0 Å². The number of hydrogen-bond donors (Lipinski definition) is 6. The van der Waals surface area contributed by atoms with Gasteiger partial charge in [-0.3, -0.25) is 72.0 Å². The van der Waals surface area contributed by atoms with Crippen LogP contribution < -0.4 is 31.9 Å². The lowest BCUT2D eigenvalue weighted by molar-refractivity contribution is -0.154. The summed E-state index contributed by atoms with van der Waals surface area (Å²) >= 11 is 1.11. The van der Waals surface area contributed by atoms with Crippen molar-refractivity contribution < 1.29 is 90.8 Å². The van der Waals surface area contributed by atoms with Gasteiger partial charge >= 0.3 is 0 Å². The second-order valence-electron chi connectivity index (χ2n) is 19.0. The Labute approximate surface area is 494 Å². The largest absolute Gasteiger partial charge is 0.379 e. The number of ether oxygens (including phenoxy) is 5. The van der Waals surface area contributed by atoms with E-state index in [9.17, 15) is 67.1 Å². The molecule has 0 saturated carbocycles. The first-order valence-corrected chi connectivity index (χ1v) is 30.3. The molecule has 29 heteroatoms. The van der Waals surface area contributed by atoms with E-state index in [0.29, 0.717) is 24.9 Å². The van der Waals surface area contributed by atoms with Gasteiger partial charge in [-0.1, -0.05) is 33.7 Å².